The van der Waals surface area contributed by atoms with Gasteiger partial charge in [-0.3, -0.25) is 4.79 Å². The van der Waals surface area contributed by atoms with Gasteiger partial charge < -0.3 is 64.2 Å². The summed E-state index contributed by atoms with van der Waals surface area (Å²) in [5, 5.41) is 72.3. The van der Waals surface area contributed by atoms with Gasteiger partial charge in [-0.05, 0) is 38.5 Å². The molecule has 0 aromatic carbocycles. The Morgan fingerprint density at radius 3 is 1.37 bits per heavy atom. The molecule has 2 saturated heterocycles. The first kappa shape index (κ1) is 67.6. The quantitative estimate of drug-likeness (QED) is 0.0172. The molecule has 0 aliphatic carbocycles. The number of carbonyl (C=O) groups excluding carboxylic acids is 1. The lowest BCUT2D eigenvalue weighted by Gasteiger charge is -2.42. The van der Waals surface area contributed by atoms with Crippen molar-refractivity contribution in [2.24, 2.45) is 0 Å². The molecule has 2 aliphatic heterocycles. The maximum atomic E-state index is 13.1. The van der Waals surface area contributed by atoms with Crippen LogP contribution in [0.1, 0.15) is 245 Å². The summed E-state index contributed by atoms with van der Waals surface area (Å²) in [4.78, 5) is 13.1. The van der Waals surface area contributed by atoms with Crippen LogP contribution in [-0.4, -0.2) is 142 Å². The molecule has 11 atom stereocenters. The van der Waals surface area contributed by atoms with Gasteiger partial charge in [0.05, 0.1) is 26.4 Å². The van der Waals surface area contributed by atoms with E-state index < -0.39 is 80.7 Å². The lowest BCUT2D eigenvalue weighted by Crippen LogP contribution is -2.61. The zero-order valence-electron chi connectivity index (χ0n) is 46.1. The minimum absolute atomic E-state index is 0.0584. The predicted octanol–water partition coefficient (Wildman–Crippen LogP) is 10.8. The Morgan fingerprint density at radius 2 is 0.877 bits per heavy atom. The molecule has 2 heterocycles. The van der Waals surface area contributed by atoms with Crippen molar-refractivity contribution in [3.8, 4) is 0 Å². The van der Waals surface area contributed by atoms with Gasteiger partial charge in [-0.2, -0.15) is 0 Å². The molecule has 0 saturated carbocycles. The molecule has 0 radical (unpaired) electrons. The van der Waals surface area contributed by atoms with Crippen LogP contribution in [0.15, 0.2) is 24.3 Å². The van der Waals surface area contributed by atoms with Crippen molar-refractivity contribution in [1.82, 2.24) is 0 Å². The molecular weight excluding hydrogens is 933 g/mol. The van der Waals surface area contributed by atoms with Crippen molar-refractivity contribution in [2.75, 3.05) is 33.0 Å². The monoisotopic (exact) mass is 1040 g/mol. The summed E-state index contributed by atoms with van der Waals surface area (Å²) in [6.45, 7) is 3.65. The Labute approximate surface area is 443 Å². The molecule has 430 valence electrons. The number of allylic oxidation sites excluding steroid dienone is 4. The summed E-state index contributed by atoms with van der Waals surface area (Å²) in [5.41, 5.74) is 0. The molecule has 7 N–H and O–H groups in total. The van der Waals surface area contributed by atoms with Crippen LogP contribution in [0, 0.1) is 0 Å². The molecular formula is C59H110O14. The summed E-state index contributed by atoms with van der Waals surface area (Å²) in [6, 6.07) is 0. The minimum atomic E-state index is -1.71. The van der Waals surface area contributed by atoms with Gasteiger partial charge in [-0.25, -0.2) is 0 Å². The molecule has 14 nitrogen and oxygen atoms in total. The number of hydrogen-bond donors (Lipinski definition) is 7. The molecule has 2 aliphatic rings. The highest BCUT2D eigenvalue weighted by Crippen LogP contribution is 2.27. The standard InChI is InChI=1S/C59H110O14/c1-3-5-7-9-11-13-15-17-19-20-21-22-23-24-25-26-27-28-29-30-32-34-36-38-40-42-51(61)71-48(45-68-43-41-39-37-35-33-31-18-16-14-12-10-8-6-4-2)46-69-58-57(67)55(65)53(63)50(73-58)47-70-59-56(66)54(64)52(62)49(44-60)72-59/h8,10,14,16,48-50,52-60,62-67H,3-7,9,11-13,15,17-47H2,1-2H3/b10-8-,16-14-. The van der Waals surface area contributed by atoms with Gasteiger partial charge in [0.15, 0.2) is 12.6 Å². The first-order chi connectivity index (χ1) is 35.6. The highest BCUT2D eigenvalue weighted by atomic mass is 16.7. The summed E-state index contributed by atoms with van der Waals surface area (Å²) in [6.07, 6.45) is 36.8. The Balaban J connectivity index is 1.66. The maximum absolute atomic E-state index is 13.1. The summed E-state index contributed by atoms with van der Waals surface area (Å²) >= 11 is 0. The largest absolute Gasteiger partial charge is 0.457 e. The number of rotatable bonds is 49. The fraction of sp³-hybridized carbons (Fsp3) is 0.915. The average Bonchev–Trinajstić information content (AvgIpc) is 3.39. The average molecular weight is 1040 g/mol. The van der Waals surface area contributed by atoms with Crippen molar-refractivity contribution in [1.29, 1.82) is 0 Å². The Hall–Kier alpha value is -1.53. The van der Waals surface area contributed by atoms with E-state index in [-0.39, 0.29) is 25.6 Å². The highest BCUT2D eigenvalue weighted by molar-refractivity contribution is 5.69. The van der Waals surface area contributed by atoms with Crippen LogP contribution in [0.4, 0.5) is 0 Å². The maximum Gasteiger partial charge on any atom is 0.306 e. The highest BCUT2D eigenvalue weighted by Gasteiger charge is 2.47. The summed E-state index contributed by atoms with van der Waals surface area (Å²) < 4.78 is 34.4. The van der Waals surface area contributed by atoms with Gasteiger partial charge in [0.1, 0.15) is 54.9 Å². The number of esters is 1. The molecule has 0 aromatic heterocycles. The zero-order chi connectivity index (χ0) is 53.0. The van der Waals surface area contributed by atoms with Crippen LogP contribution < -0.4 is 0 Å². The normalized spacial score (nSPS) is 25.1. The first-order valence-electron chi connectivity index (χ1n) is 29.9. The number of hydrogen-bond acceptors (Lipinski definition) is 14. The third kappa shape index (κ3) is 33.4. The Kier molecular flexibility index (Phi) is 43.1. The fourth-order valence-corrected chi connectivity index (χ4v) is 9.62. The van der Waals surface area contributed by atoms with Crippen LogP contribution in [0.25, 0.3) is 0 Å². The smallest absolute Gasteiger partial charge is 0.306 e. The van der Waals surface area contributed by atoms with E-state index >= 15 is 0 Å². The molecule has 2 rings (SSSR count). The van der Waals surface area contributed by atoms with Crippen molar-refractivity contribution in [3.05, 3.63) is 24.3 Å². The van der Waals surface area contributed by atoms with Gasteiger partial charge in [0, 0.05) is 13.0 Å². The van der Waals surface area contributed by atoms with Gasteiger partial charge in [0.2, 0.25) is 0 Å². The molecule has 0 aromatic rings. The molecule has 14 heteroatoms. The van der Waals surface area contributed by atoms with E-state index in [9.17, 15) is 40.5 Å². The minimum Gasteiger partial charge on any atom is -0.457 e. The lowest BCUT2D eigenvalue weighted by molar-refractivity contribution is -0.332. The SMILES string of the molecule is CCC/C=C\C/C=C\CCCCCCCCOCC(COC1OC(COC2OC(CO)C(O)C(O)C2O)C(O)C(O)C1O)OC(=O)CCCCCCCCCCCCCCCCCCCCCCCCCCC. The van der Waals surface area contributed by atoms with E-state index in [2.05, 4.69) is 38.2 Å². The van der Waals surface area contributed by atoms with Crippen LogP contribution in [0.3, 0.4) is 0 Å². The number of carbonyl (C=O) groups is 1. The third-order valence-electron chi connectivity index (χ3n) is 14.4. The van der Waals surface area contributed by atoms with Gasteiger partial charge in [-0.15, -0.1) is 0 Å². The Morgan fingerprint density at radius 1 is 0.452 bits per heavy atom. The number of unbranched alkanes of at least 4 members (excludes halogenated alkanes) is 31. The number of aliphatic hydroxyl groups excluding tert-OH is 7. The molecule has 0 bridgehead atoms. The fourth-order valence-electron chi connectivity index (χ4n) is 9.62. The molecule has 0 amide bonds. The second kappa shape index (κ2) is 46.6. The van der Waals surface area contributed by atoms with Gasteiger partial charge >= 0.3 is 5.97 Å². The van der Waals surface area contributed by atoms with Gasteiger partial charge in [-0.1, -0.05) is 224 Å². The molecule has 0 spiro atoms. The van der Waals surface area contributed by atoms with Crippen LogP contribution >= 0.6 is 0 Å². The van der Waals surface area contributed by atoms with E-state index in [0.717, 1.165) is 64.2 Å². The topological polar surface area (TPSA) is 214 Å². The van der Waals surface area contributed by atoms with E-state index in [1.54, 1.807) is 0 Å². The van der Waals surface area contributed by atoms with Crippen LogP contribution in [0.2, 0.25) is 0 Å². The van der Waals surface area contributed by atoms with Crippen LogP contribution in [0.5, 0.6) is 0 Å². The number of aliphatic hydroxyl groups is 7. The second-order valence-electron chi connectivity index (χ2n) is 21.2. The zero-order valence-corrected chi connectivity index (χ0v) is 46.1. The summed E-state index contributed by atoms with van der Waals surface area (Å²) in [7, 11) is 0. The van der Waals surface area contributed by atoms with E-state index in [0.29, 0.717) is 13.0 Å². The second-order valence-corrected chi connectivity index (χ2v) is 21.2. The molecule has 11 unspecified atom stereocenters. The van der Waals surface area contributed by atoms with E-state index in [1.807, 2.05) is 0 Å². The van der Waals surface area contributed by atoms with E-state index in [4.69, 9.17) is 28.4 Å². The predicted molar refractivity (Wildman–Crippen MR) is 289 cm³/mol. The molecule has 73 heavy (non-hydrogen) atoms. The van der Waals surface area contributed by atoms with Crippen LogP contribution in [-0.2, 0) is 33.2 Å². The van der Waals surface area contributed by atoms with Crippen molar-refractivity contribution >= 4 is 5.97 Å². The van der Waals surface area contributed by atoms with Gasteiger partial charge in [0.25, 0.3) is 0 Å². The molecule has 2 fully saturated rings. The van der Waals surface area contributed by atoms with Crippen molar-refractivity contribution in [2.45, 2.75) is 313 Å². The number of ether oxygens (including phenoxy) is 6. The van der Waals surface area contributed by atoms with E-state index in [1.165, 1.54) is 154 Å². The first-order valence-corrected chi connectivity index (χ1v) is 29.9. The summed E-state index contributed by atoms with van der Waals surface area (Å²) in [5.74, 6) is -0.375. The van der Waals surface area contributed by atoms with Crippen molar-refractivity contribution in [3.63, 3.8) is 0 Å². The third-order valence-corrected chi connectivity index (χ3v) is 14.4. The van der Waals surface area contributed by atoms with Crippen molar-refractivity contribution < 1.29 is 69.0 Å². The lowest BCUT2D eigenvalue weighted by atomic mass is 9.98. The Bertz CT molecular complexity index is 1300.